The highest BCUT2D eigenvalue weighted by atomic mass is 16.5. The van der Waals surface area contributed by atoms with Crippen molar-refractivity contribution < 1.29 is 14.2 Å². The van der Waals surface area contributed by atoms with Gasteiger partial charge in [-0.1, -0.05) is 51.1 Å². The van der Waals surface area contributed by atoms with Crippen LogP contribution in [0, 0.1) is 45.8 Å². The van der Waals surface area contributed by atoms with E-state index in [0.717, 1.165) is 32.2 Å². The van der Waals surface area contributed by atoms with Crippen LogP contribution in [0.2, 0.25) is 0 Å². The minimum Gasteiger partial charge on any atom is -0.377 e. The molecular formula is C38H64N4O3. The molecule has 5 fully saturated rings. The Bertz CT molecular complexity index is 1110. The summed E-state index contributed by atoms with van der Waals surface area (Å²) in [5.41, 5.74) is 20.1. The molecular weight excluding hydrogens is 560 g/mol. The number of hydrogen-bond donors (Lipinski definition) is 3. The highest BCUT2D eigenvalue weighted by Crippen LogP contribution is 2.72. The van der Waals surface area contributed by atoms with Crippen LogP contribution in [0.1, 0.15) is 84.1 Å². The Balaban J connectivity index is 1.30. The summed E-state index contributed by atoms with van der Waals surface area (Å²) in [5, 5.41) is 0. The van der Waals surface area contributed by atoms with Gasteiger partial charge < -0.3 is 31.4 Å². The van der Waals surface area contributed by atoms with Crippen LogP contribution in [-0.2, 0) is 20.8 Å². The van der Waals surface area contributed by atoms with Crippen molar-refractivity contribution in [3.05, 3.63) is 35.9 Å². The molecule has 0 aromatic heterocycles. The molecule has 1 aromatic carbocycles. The van der Waals surface area contributed by atoms with Crippen LogP contribution in [0.15, 0.2) is 30.3 Å². The van der Waals surface area contributed by atoms with Crippen LogP contribution >= 0.6 is 0 Å². The molecule has 6 rings (SSSR count). The summed E-state index contributed by atoms with van der Waals surface area (Å²) in [6.07, 6.45) is 11.7. The monoisotopic (exact) mass is 624 g/mol. The fourth-order valence-electron chi connectivity index (χ4n) is 12.2. The third kappa shape index (κ3) is 5.95. The molecule has 0 heterocycles. The SMILES string of the molecule is CN(Cc1ccccc1)C1CC[C@]1(C)[C@H]1CC[C@H]2[C@@H]3[C@H](OCCN)C[C@@H]4C[C@H](OCCN)CC[C@]4(C)[C@H]3C[C@H](OCCN)[C@@]21C. The molecule has 0 spiro atoms. The summed E-state index contributed by atoms with van der Waals surface area (Å²) >= 11 is 0. The van der Waals surface area contributed by atoms with Crippen molar-refractivity contribution in [3.63, 3.8) is 0 Å². The van der Waals surface area contributed by atoms with Gasteiger partial charge in [-0.3, -0.25) is 4.90 Å². The highest BCUT2D eigenvalue weighted by molar-refractivity contribution is 5.20. The van der Waals surface area contributed by atoms with Gasteiger partial charge in [0, 0.05) is 37.6 Å². The van der Waals surface area contributed by atoms with E-state index >= 15 is 0 Å². The molecule has 12 atom stereocenters. The first kappa shape index (κ1) is 33.8. The number of nitrogens with two attached hydrogens (primary N) is 3. The molecule has 0 aliphatic heterocycles. The van der Waals surface area contributed by atoms with Gasteiger partial charge in [-0.15, -0.1) is 0 Å². The average Bonchev–Trinajstić information content (AvgIpc) is 3.39. The van der Waals surface area contributed by atoms with E-state index in [2.05, 4.69) is 63.1 Å². The molecule has 6 N–H and O–H groups in total. The third-order valence-corrected chi connectivity index (χ3v) is 14.4. The number of rotatable bonds is 13. The molecule has 5 aliphatic rings. The zero-order chi connectivity index (χ0) is 31.8. The Morgan fingerprint density at radius 3 is 2.13 bits per heavy atom. The maximum atomic E-state index is 6.96. The van der Waals surface area contributed by atoms with Crippen LogP contribution in [0.25, 0.3) is 0 Å². The van der Waals surface area contributed by atoms with Crippen molar-refractivity contribution in [2.75, 3.05) is 46.5 Å². The van der Waals surface area contributed by atoms with E-state index in [1.54, 1.807) is 0 Å². The van der Waals surface area contributed by atoms with Crippen LogP contribution in [0.5, 0.6) is 0 Å². The fourth-order valence-corrected chi connectivity index (χ4v) is 12.2. The van der Waals surface area contributed by atoms with E-state index in [1.165, 1.54) is 37.7 Å². The first-order valence-corrected chi connectivity index (χ1v) is 18.4. The van der Waals surface area contributed by atoms with Crippen LogP contribution in [0.4, 0.5) is 0 Å². The molecule has 0 radical (unpaired) electrons. The number of ether oxygens (including phenoxy) is 3. The normalized spacial score (nSPS) is 44.2. The lowest BCUT2D eigenvalue weighted by atomic mass is 9.41. The minimum absolute atomic E-state index is 0.103. The first-order valence-electron chi connectivity index (χ1n) is 18.4. The van der Waals surface area contributed by atoms with Crippen molar-refractivity contribution in [2.24, 2.45) is 63.0 Å². The molecule has 5 aliphatic carbocycles. The van der Waals surface area contributed by atoms with Crippen LogP contribution < -0.4 is 17.2 Å². The van der Waals surface area contributed by atoms with Crippen molar-refractivity contribution in [1.29, 1.82) is 0 Å². The quantitative estimate of drug-likeness (QED) is 0.277. The topological polar surface area (TPSA) is 109 Å². The maximum absolute atomic E-state index is 6.96. The lowest BCUT2D eigenvalue weighted by Gasteiger charge is -2.66. The number of fused-ring (bicyclic) bond motifs is 5. The van der Waals surface area contributed by atoms with E-state index in [4.69, 9.17) is 31.4 Å². The predicted octanol–water partition coefficient (Wildman–Crippen LogP) is 5.20. The Morgan fingerprint density at radius 2 is 1.44 bits per heavy atom. The molecule has 0 saturated heterocycles. The maximum Gasteiger partial charge on any atom is 0.0637 e. The molecule has 1 aromatic rings. The average molecular weight is 625 g/mol. The minimum atomic E-state index is 0.103. The second-order valence-electron chi connectivity index (χ2n) is 16.3. The lowest BCUT2D eigenvalue weighted by Crippen LogP contribution is -2.66. The van der Waals surface area contributed by atoms with Gasteiger partial charge in [-0.25, -0.2) is 0 Å². The number of hydrogen-bond acceptors (Lipinski definition) is 7. The summed E-state index contributed by atoms with van der Waals surface area (Å²) in [6.45, 7) is 12.6. The van der Waals surface area contributed by atoms with Gasteiger partial charge in [0.25, 0.3) is 0 Å². The van der Waals surface area contributed by atoms with Gasteiger partial charge in [0.05, 0.1) is 38.1 Å². The summed E-state index contributed by atoms with van der Waals surface area (Å²) in [7, 11) is 2.36. The smallest absolute Gasteiger partial charge is 0.0637 e. The Kier molecular flexibility index (Phi) is 10.4. The van der Waals surface area contributed by atoms with Gasteiger partial charge in [0.15, 0.2) is 0 Å². The van der Waals surface area contributed by atoms with Crippen molar-refractivity contribution in [2.45, 2.75) is 109 Å². The lowest BCUT2D eigenvalue weighted by molar-refractivity contribution is -0.237. The molecule has 0 bridgehead atoms. The molecule has 45 heavy (non-hydrogen) atoms. The molecule has 5 saturated carbocycles. The van der Waals surface area contributed by atoms with E-state index < -0.39 is 0 Å². The Labute approximate surface area is 273 Å². The van der Waals surface area contributed by atoms with Crippen molar-refractivity contribution in [3.8, 4) is 0 Å². The summed E-state index contributed by atoms with van der Waals surface area (Å²) in [4.78, 5) is 2.65. The molecule has 254 valence electrons. The summed E-state index contributed by atoms with van der Waals surface area (Å²) in [5.74, 6) is 2.94. The zero-order valence-electron chi connectivity index (χ0n) is 28.8. The number of benzene rings is 1. The second-order valence-corrected chi connectivity index (χ2v) is 16.3. The van der Waals surface area contributed by atoms with Crippen molar-refractivity contribution in [1.82, 2.24) is 4.90 Å². The summed E-state index contributed by atoms with van der Waals surface area (Å²) < 4.78 is 20.0. The first-order chi connectivity index (χ1) is 21.7. The van der Waals surface area contributed by atoms with Crippen LogP contribution in [0.3, 0.4) is 0 Å². The largest absolute Gasteiger partial charge is 0.377 e. The van der Waals surface area contributed by atoms with E-state index in [1.807, 2.05) is 0 Å². The third-order valence-electron chi connectivity index (χ3n) is 14.4. The predicted molar refractivity (Wildman–Crippen MR) is 181 cm³/mol. The van der Waals surface area contributed by atoms with Crippen molar-refractivity contribution >= 4 is 0 Å². The van der Waals surface area contributed by atoms with Gasteiger partial charge in [0.1, 0.15) is 0 Å². The van der Waals surface area contributed by atoms with Gasteiger partial charge >= 0.3 is 0 Å². The van der Waals surface area contributed by atoms with E-state index in [9.17, 15) is 0 Å². The Hall–Kier alpha value is -1.06. The highest BCUT2D eigenvalue weighted by Gasteiger charge is 2.69. The molecule has 7 heteroatoms. The number of nitrogens with zero attached hydrogens (tertiary/aromatic N) is 1. The van der Waals surface area contributed by atoms with E-state index in [0.29, 0.717) is 81.2 Å². The second kappa shape index (κ2) is 13.8. The van der Waals surface area contributed by atoms with E-state index in [-0.39, 0.29) is 28.5 Å². The molecule has 0 amide bonds. The standard InChI is InChI=1S/C38H64N4O3/c1-36-14-12-28(43-19-16-39)22-27(36)23-31(44-20-17-40)35-29-10-11-32(38(29,3)34(24-30(35)36)45-21-18-41)37(2)15-13-33(37)42(4)25-26-8-6-5-7-9-26/h5-9,27-35H,10-25,39-41H2,1-4H3/t27-,28+,29-,30-,31+,32+,33?,34-,35-,36-,37+,38-/m0/s1. The molecule has 1 unspecified atom stereocenters. The summed E-state index contributed by atoms with van der Waals surface area (Å²) in [6, 6.07) is 11.6. The van der Waals surface area contributed by atoms with Crippen LogP contribution in [-0.4, -0.2) is 75.8 Å². The molecule has 7 nitrogen and oxygen atoms in total. The van der Waals surface area contributed by atoms with Gasteiger partial charge in [0.2, 0.25) is 0 Å². The fraction of sp³-hybridized carbons (Fsp3) is 0.842. The zero-order valence-corrected chi connectivity index (χ0v) is 28.8. The van der Waals surface area contributed by atoms with Gasteiger partial charge in [-0.2, -0.15) is 0 Å². The van der Waals surface area contributed by atoms with Gasteiger partial charge in [-0.05, 0) is 111 Å². The Morgan fingerprint density at radius 1 is 0.756 bits per heavy atom.